The highest BCUT2D eigenvalue weighted by Crippen LogP contribution is 2.21. The standard InChI is InChI=1S/C16H11F2N3OS/c17-13-7-6-11(8-14(13)18)15(22)9-23-16-20-19-10-21(16)12-4-2-1-3-5-12/h1-8,10H,9H2. The Labute approximate surface area is 135 Å². The van der Waals surface area contributed by atoms with Gasteiger partial charge < -0.3 is 0 Å². The Morgan fingerprint density at radius 2 is 1.87 bits per heavy atom. The third-order valence-corrected chi connectivity index (χ3v) is 4.07. The van der Waals surface area contributed by atoms with Crippen molar-refractivity contribution in [2.75, 3.05) is 5.75 Å². The SMILES string of the molecule is O=C(CSc1nncn1-c1ccccc1)c1ccc(F)c(F)c1. The lowest BCUT2D eigenvalue weighted by Gasteiger charge is -2.05. The average Bonchev–Trinajstić information content (AvgIpc) is 3.04. The minimum Gasteiger partial charge on any atom is -0.293 e. The van der Waals surface area contributed by atoms with E-state index in [1.54, 1.807) is 10.9 Å². The molecule has 116 valence electrons. The summed E-state index contributed by atoms with van der Waals surface area (Å²) in [5.74, 6) is -2.26. The predicted molar refractivity (Wildman–Crippen MR) is 82.8 cm³/mol. The summed E-state index contributed by atoms with van der Waals surface area (Å²) in [4.78, 5) is 12.1. The number of Topliss-reactive ketones (excluding diaryl/α,β-unsaturated/α-hetero) is 1. The molecule has 0 fully saturated rings. The van der Waals surface area contributed by atoms with Gasteiger partial charge in [0, 0.05) is 11.3 Å². The van der Waals surface area contributed by atoms with Crippen molar-refractivity contribution in [3.8, 4) is 5.69 Å². The molecule has 0 aliphatic carbocycles. The van der Waals surface area contributed by atoms with Gasteiger partial charge in [-0.2, -0.15) is 0 Å². The van der Waals surface area contributed by atoms with Gasteiger partial charge in [0.1, 0.15) is 6.33 Å². The number of benzene rings is 2. The van der Waals surface area contributed by atoms with Gasteiger partial charge in [0.05, 0.1) is 5.75 Å². The summed E-state index contributed by atoms with van der Waals surface area (Å²) in [6.45, 7) is 0. The van der Waals surface area contributed by atoms with Crippen molar-refractivity contribution in [3.05, 3.63) is 72.1 Å². The summed E-state index contributed by atoms with van der Waals surface area (Å²) >= 11 is 1.19. The van der Waals surface area contributed by atoms with Gasteiger partial charge in [-0.25, -0.2) is 8.78 Å². The number of halogens is 2. The molecule has 3 aromatic rings. The molecule has 1 aromatic heterocycles. The molecule has 3 rings (SSSR count). The highest BCUT2D eigenvalue weighted by atomic mass is 32.2. The molecule has 23 heavy (non-hydrogen) atoms. The molecule has 0 aliphatic heterocycles. The minimum atomic E-state index is -1.03. The van der Waals surface area contributed by atoms with Crippen molar-refractivity contribution in [2.24, 2.45) is 0 Å². The topological polar surface area (TPSA) is 47.8 Å². The summed E-state index contributed by atoms with van der Waals surface area (Å²) in [6.07, 6.45) is 1.56. The third kappa shape index (κ3) is 3.45. The molecule has 0 atom stereocenters. The van der Waals surface area contributed by atoms with E-state index in [0.717, 1.165) is 17.8 Å². The van der Waals surface area contributed by atoms with E-state index in [-0.39, 0.29) is 17.1 Å². The molecule has 0 bridgehead atoms. The molecule has 0 radical (unpaired) electrons. The molecule has 2 aromatic carbocycles. The molecule has 0 N–H and O–H groups in total. The van der Waals surface area contributed by atoms with Gasteiger partial charge in [-0.3, -0.25) is 9.36 Å². The first-order chi connectivity index (χ1) is 11.1. The molecule has 0 spiro atoms. The van der Waals surface area contributed by atoms with Crippen LogP contribution in [0.2, 0.25) is 0 Å². The number of carbonyl (C=O) groups excluding carboxylic acids is 1. The third-order valence-electron chi connectivity index (χ3n) is 3.12. The largest absolute Gasteiger partial charge is 0.293 e. The van der Waals surface area contributed by atoms with Crippen LogP contribution in [0.25, 0.3) is 5.69 Å². The number of aromatic nitrogens is 3. The van der Waals surface area contributed by atoms with Gasteiger partial charge in [0.15, 0.2) is 22.6 Å². The predicted octanol–water partition coefficient (Wildman–Crippen LogP) is 3.52. The van der Waals surface area contributed by atoms with Gasteiger partial charge in [0.25, 0.3) is 0 Å². The number of ketones is 1. The van der Waals surface area contributed by atoms with Crippen molar-refractivity contribution >= 4 is 17.5 Å². The zero-order valence-corrected chi connectivity index (χ0v) is 12.6. The molecule has 0 saturated heterocycles. The van der Waals surface area contributed by atoms with Gasteiger partial charge >= 0.3 is 0 Å². The number of nitrogens with zero attached hydrogens (tertiary/aromatic N) is 3. The van der Waals surface area contributed by atoms with Gasteiger partial charge in [0.2, 0.25) is 0 Å². The smallest absolute Gasteiger partial charge is 0.196 e. The summed E-state index contributed by atoms with van der Waals surface area (Å²) in [5, 5.41) is 8.37. The van der Waals surface area contributed by atoms with E-state index in [1.165, 1.54) is 17.8 Å². The maximum atomic E-state index is 13.2. The van der Waals surface area contributed by atoms with E-state index >= 15 is 0 Å². The van der Waals surface area contributed by atoms with Crippen molar-refractivity contribution < 1.29 is 13.6 Å². The van der Waals surface area contributed by atoms with Crippen LogP contribution in [0.3, 0.4) is 0 Å². The van der Waals surface area contributed by atoms with Crippen LogP contribution in [-0.4, -0.2) is 26.3 Å². The Hall–Kier alpha value is -2.54. The summed E-state index contributed by atoms with van der Waals surface area (Å²) in [6, 6.07) is 12.6. The van der Waals surface area contributed by atoms with Crippen molar-refractivity contribution in [1.29, 1.82) is 0 Å². The fourth-order valence-corrected chi connectivity index (χ4v) is 2.79. The number of hydrogen-bond acceptors (Lipinski definition) is 4. The van der Waals surface area contributed by atoms with Gasteiger partial charge in [-0.15, -0.1) is 10.2 Å². The molecular formula is C16H11F2N3OS. The summed E-state index contributed by atoms with van der Waals surface area (Å²) in [5.41, 5.74) is 1.00. The van der Waals surface area contributed by atoms with Gasteiger partial charge in [-0.05, 0) is 30.3 Å². The Balaban J connectivity index is 1.73. The van der Waals surface area contributed by atoms with Crippen LogP contribution in [0.15, 0.2) is 60.0 Å². The lowest BCUT2D eigenvalue weighted by atomic mass is 10.1. The second kappa shape index (κ2) is 6.70. The minimum absolute atomic E-state index is 0.0522. The summed E-state index contributed by atoms with van der Waals surface area (Å²) in [7, 11) is 0. The van der Waals surface area contributed by atoms with E-state index < -0.39 is 11.6 Å². The Morgan fingerprint density at radius 1 is 1.09 bits per heavy atom. The quantitative estimate of drug-likeness (QED) is 0.530. The Morgan fingerprint density at radius 3 is 2.61 bits per heavy atom. The van der Waals surface area contributed by atoms with E-state index in [1.807, 2.05) is 30.3 Å². The Kier molecular flexibility index (Phi) is 4.47. The fraction of sp³-hybridized carbons (Fsp3) is 0.0625. The first kappa shape index (κ1) is 15.4. The summed E-state index contributed by atoms with van der Waals surface area (Å²) < 4.78 is 27.8. The molecule has 0 saturated carbocycles. The van der Waals surface area contributed by atoms with E-state index in [9.17, 15) is 13.6 Å². The van der Waals surface area contributed by atoms with Crippen LogP contribution in [0.5, 0.6) is 0 Å². The number of thioether (sulfide) groups is 1. The average molecular weight is 331 g/mol. The molecular weight excluding hydrogens is 320 g/mol. The fourth-order valence-electron chi connectivity index (χ4n) is 1.97. The normalized spacial score (nSPS) is 10.7. The van der Waals surface area contributed by atoms with Crippen LogP contribution in [0, 0.1) is 11.6 Å². The molecule has 4 nitrogen and oxygen atoms in total. The molecule has 0 aliphatic rings. The zero-order chi connectivity index (χ0) is 16.2. The van der Waals surface area contributed by atoms with Crippen LogP contribution < -0.4 is 0 Å². The number of rotatable bonds is 5. The lowest BCUT2D eigenvalue weighted by molar-refractivity contribution is 0.102. The van der Waals surface area contributed by atoms with Crippen LogP contribution >= 0.6 is 11.8 Å². The van der Waals surface area contributed by atoms with Crippen LogP contribution in [-0.2, 0) is 0 Å². The Bertz CT molecular complexity index is 836. The van der Waals surface area contributed by atoms with Gasteiger partial charge in [-0.1, -0.05) is 30.0 Å². The highest BCUT2D eigenvalue weighted by molar-refractivity contribution is 7.99. The highest BCUT2D eigenvalue weighted by Gasteiger charge is 2.13. The number of hydrogen-bond donors (Lipinski definition) is 0. The van der Waals surface area contributed by atoms with E-state index in [0.29, 0.717) is 5.16 Å². The zero-order valence-electron chi connectivity index (χ0n) is 11.8. The lowest BCUT2D eigenvalue weighted by Crippen LogP contribution is -2.05. The molecule has 0 amide bonds. The molecule has 1 heterocycles. The van der Waals surface area contributed by atoms with Crippen molar-refractivity contribution in [1.82, 2.24) is 14.8 Å². The maximum Gasteiger partial charge on any atom is 0.196 e. The molecule has 7 heteroatoms. The maximum absolute atomic E-state index is 13.2. The number of carbonyl (C=O) groups is 1. The first-order valence-corrected chi connectivity index (χ1v) is 7.70. The van der Waals surface area contributed by atoms with Crippen molar-refractivity contribution in [2.45, 2.75) is 5.16 Å². The van der Waals surface area contributed by atoms with Crippen molar-refractivity contribution in [3.63, 3.8) is 0 Å². The first-order valence-electron chi connectivity index (χ1n) is 6.71. The second-order valence-electron chi connectivity index (χ2n) is 4.66. The van der Waals surface area contributed by atoms with Crippen LogP contribution in [0.4, 0.5) is 8.78 Å². The molecule has 0 unspecified atom stereocenters. The second-order valence-corrected chi connectivity index (χ2v) is 5.60. The van der Waals surface area contributed by atoms with E-state index in [4.69, 9.17) is 0 Å². The van der Waals surface area contributed by atoms with E-state index in [2.05, 4.69) is 10.2 Å². The monoisotopic (exact) mass is 331 g/mol. The number of para-hydroxylation sites is 1. The van der Waals surface area contributed by atoms with Crippen LogP contribution in [0.1, 0.15) is 10.4 Å².